The van der Waals surface area contributed by atoms with Crippen molar-refractivity contribution < 1.29 is 49.3 Å². The largest absolute Gasteiger partial charge is 0.573 e. The standard InChI is InChI=1S/C34H38F8O3/c1-2-3-4-5-18-43-26-16-17-28(29(35)19-26)24-12-8-22(9-13-24)6-7-23-10-14-25(15-11-23)33(38,39)44-27-20-30(36)32(31(37)21-27)45-34(40,41)42/h2-3,6-7,16-17,19-25H,4-5,8-15,18H2,1H3/b3-2+,7-6+. The van der Waals surface area contributed by atoms with Gasteiger partial charge in [0.2, 0.25) is 5.75 Å². The lowest BCUT2D eigenvalue weighted by Gasteiger charge is -2.33. The molecule has 0 aliphatic heterocycles. The smallest absolute Gasteiger partial charge is 0.493 e. The highest BCUT2D eigenvalue weighted by molar-refractivity contribution is 5.35. The molecule has 2 aromatic carbocycles. The Morgan fingerprint density at radius 3 is 1.87 bits per heavy atom. The molecule has 45 heavy (non-hydrogen) atoms. The summed E-state index contributed by atoms with van der Waals surface area (Å²) in [5, 5.41) is 0. The molecule has 2 aliphatic carbocycles. The van der Waals surface area contributed by atoms with E-state index in [1.807, 2.05) is 25.1 Å². The van der Waals surface area contributed by atoms with Crippen LogP contribution in [0.2, 0.25) is 0 Å². The minimum Gasteiger partial charge on any atom is -0.493 e. The van der Waals surface area contributed by atoms with E-state index in [4.69, 9.17) is 4.74 Å². The van der Waals surface area contributed by atoms with E-state index in [0.717, 1.165) is 38.5 Å². The van der Waals surface area contributed by atoms with E-state index in [1.54, 1.807) is 0 Å². The van der Waals surface area contributed by atoms with Gasteiger partial charge in [0.15, 0.2) is 11.6 Å². The predicted octanol–water partition coefficient (Wildman–Crippen LogP) is 11.0. The van der Waals surface area contributed by atoms with Crippen LogP contribution in [0.4, 0.5) is 35.1 Å². The summed E-state index contributed by atoms with van der Waals surface area (Å²) in [6.07, 6.45) is 5.50. The van der Waals surface area contributed by atoms with Gasteiger partial charge in [-0.1, -0.05) is 30.4 Å². The van der Waals surface area contributed by atoms with Gasteiger partial charge < -0.3 is 14.2 Å². The lowest BCUT2D eigenvalue weighted by atomic mass is 9.77. The maximum Gasteiger partial charge on any atom is 0.573 e. The van der Waals surface area contributed by atoms with Crippen LogP contribution in [-0.2, 0) is 0 Å². The number of ether oxygens (including phenoxy) is 3. The quantitative estimate of drug-likeness (QED) is 0.130. The molecule has 2 aromatic rings. The number of unbranched alkanes of at least 4 members (excludes halogenated alkanes) is 1. The third kappa shape index (κ3) is 10.1. The summed E-state index contributed by atoms with van der Waals surface area (Å²) >= 11 is 0. The van der Waals surface area contributed by atoms with Crippen molar-refractivity contribution in [3.05, 3.63) is 77.7 Å². The minimum atomic E-state index is -5.35. The Hall–Kier alpha value is -3.24. The van der Waals surface area contributed by atoms with Crippen molar-refractivity contribution in [2.75, 3.05) is 6.61 Å². The lowest BCUT2D eigenvalue weighted by molar-refractivity contribution is -0.276. The predicted molar refractivity (Wildman–Crippen MR) is 154 cm³/mol. The van der Waals surface area contributed by atoms with Crippen molar-refractivity contribution in [1.29, 1.82) is 0 Å². The normalized spacial score (nSPS) is 23.0. The van der Waals surface area contributed by atoms with Gasteiger partial charge in [-0.05, 0) is 101 Å². The zero-order valence-electron chi connectivity index (χ0n) is 25.0. The van der Waals surface area contributed by atoms with E-state index in [0.29, 0.717) is 36.7 Å². The summed E-state index contributed by atoms with van der Waals surface area (Å²) in [4.78, 5) is 0. The number of alkyl halides is 5. The first-order valence-corrected chi connectivity index (χ1v) is 15.4. The zero-order chi connectivity index (χ0) is 32.6. The van der Waals surface area contributed by atoms with Crippen LogP contribution in [-0.4, -0.2) is 19.1 Å². The average molecular weight is 647 g/mol. The van der Waals surface area contributed by atoms with Crippen molar-refractivity contribution in [2.45, 2.75) is 89.5 Å². The molecule has 2 fully saturated rings. The Labute approximate surface area is 258 Å². The van der Waals surface area contributed by atoms with Gasteiger partial charge in [-0.3, -0.25) is 0 Å². The number of hydrogen-bond acceptors (Lipinski definition) is 3. The maximum absolute atomic E-state index is 14.9. The summed E-state index contributed by atoms with van der Waals surface area (Å²) in [6, 6.07) is 5.59. The third-order valence-electron chi connectivity index (χ3n) is 8.55. The third-order valence-corrected chi connectivity index (χ3v) is 8.55. The van der Waals surface area contributed by atoms with Gasteiger partial charge >= 0.3 is 12.5 Å². The van der Waals surface area contributed by atoms with Gasteiger partial charge in [0.05, 0.1) is 12.5 Å². The second-order valence-corrected chi connectivity index (χ2v) is 11.8. The molecule has 0 heterocycles. The number of allylic oxidation sites excluding steroid dienone is 4. The highest BCUT2D eigenvalue weighted by Gasteiger charge is 2.44. The van der Waals surface area contributed by atoms with E-state index in [2.05, 4.69) is 27.7 Å². The molecular weight excluding hydrogens is 608 g/mol. The fraction of sp³-hybridized carbons (Fsp3) is 0.529. The SMILES string of the molecule is C/C=C/CCCOc1ccc(C2CCC(/C=C/C3CCC(C(F)(F)Oc4cc(F)c(OC(F)(F)F)c(F)c4)CC3)CC2)c(F)c1. The van der Waals surface area contributed by atoms with Gasteiger partial charge in [-0.15, -0.1) is 13.2 Å². The fourth-order valence-corrected chi connectivity index (χ4v) is 6.12. The second-order valence-electron chi connectivity index (χ2n) is 11.8. The summed E-state index contributed by atoms with van der Waals surface area (Å²) in [5.41, 5.74) is 0.705. The summed E-state index contributed by atoms with van der Waals surface area (Å²) < 4.78 is 123. The fourth-order valence-electron chi connectivity index (χ4n) is 6.12. The second kappa shape index (κ2) is 15.4. The van der Waals surface area contributed by atoms with Gasteiger partial charge in [0, 0.05) is 18.2 Å². The van der Waals surface area contributed by atoms with Crippen LogP contribution >= 0.6 is 0 Å². The highest BCUT2D eigenvalue weighted by atomic mass is 19.4. The van der Waals surface area contributed by atoms with Crippen LogP contribution in [0.5, 0.6) is 17.2 Å². The van der Waals surface area contributed by atoms with Crippen molar-refractivity contribution in [3.63, 3.8) is 0 Å². The number of hydrogen-bond donors (Lipinski definition) is 0. The molecule has 0 atom stereocenters. The molecule has 0 unspecified atom stereocenters. The Bertz CT molecular complexity index is 1280. The van der Waals surface area contributed by atoms with Crippen LogP contribution in [0, 0.1) is 35.2 Å². The summed E-state index contributed by atoms with van der Waals surface area (Å²) in [7, 11) is 0. The van der Waals surface area contributed by atoms with Crippen molar-refractivity contribution in [3.8, 4) is 17.2 Å². The van der Waals surface area contributed by atoms with Crippen LogP contribution in [0.15, 0.2) is 54.6 Å². The number of benzene rings is 2. The topological polar surface area (TPSA) is 27.7 Å². The van der Waals surface area contributed by atoms with E-state index >= 15 is 0 Å². The Morgan fingerprint density at radius 2 is 1.31 bits per heavy atom. The van der Waals surface area contributed by atoms with Crippen molar-refractivity contribution in [1.82, 2.24) is 0 Å². The molecule has 0 spiro atoms. The van der Waals surface area contributed by atoms with E-state index < -0.39 is 41.5 Å². The molecule has 2 saturated carbocycles. The van der Waals surface area contributed by atoms with Gasteiger partial charge in [0.1, 0.15) is 17.3 Å². The first kappa shape index (κ1) is 34.6. The van der Waals surface area contributed by atoms with Gasteiger partial charge in [-0.2, -0.15) is 8.78 Å². The molecule has 0 bridgehead atoms. The zero-order valence-corrected chi connectivity index (χ0v) is 25.0. The summed E-state index contributed by atoms with van der Waals surface area (Å²) in [5.74, 6) is -6.68. The van der Waals surface area contributed by atoms with Crippen LogP contribution in [0.3, 0.4) is 0 Å². The van der Waals surface area contributed by atoms with Gasteiger partial charge in [-0.25, -0.2) is 13.2 Å². The van der Waals surface area contributed by atoms with Crippen LogP contribution in [0.1, 0.15) is 82.6 Å². The average Bonchev–Trinajstić information content (AvgIpc) is 2.98. The van der Waals surface area contributed by atoms with Crippen molar-refractivity contribution >= 4 is 0 Å². The van der Waals surface area contributed by atoms with Gasteiger partial charge in [0.25, 0.3) is 0 Å². The molecule has 2 aliphatic rings. The molecule has 0 radical (unpaired) electrons. The summed E-state index contributed by atoms with van der Waals surface area (Å²) in [6.45, 7) is 2.49. The molecule has 0 aromatic heterocycles. The van der Waals surface area contributed by atoms with E-state index in [1.165, 1.54) is 6.07 Å². The molecule has 11 heteroatoms. The molecular formula is C34H38F8O3. The monoisotopic (exact) mass is 646 g/mol. The lowest BCUT2D eigenvalue weighted by Crippen LogP contribution is -2.37. The molecule has 0 N–H and O–H groups in total. The van der Waals surface area contributed by atoms with E-state index in [-0.39, 0.29) is 42.6 Å². The molecule has 3 nitrogen and oxygen atoms in total. The maximum atomic E-state index is 14.9. The molecule has 248 valence electrons. The highest BCUT2D eigenvalue weighted by Crippen LogP contribution is 2.43. The molecule has 4 rings (SSSR count). The number of rotatable bonds is 12. The van der Waals surface area contributed by atoms with E-state index in [9.17, 15) is 35.1 Å². The first-order valence-electron chi connectivity index (χ1n) is 15.4. The van der Waals surface area contributed by atoms with Crippen LogP contribution < -0.4 is 14.2 Å². The van der Waals surface area contributed by atoms with Crippen molar-refractivity contribution in [2.24, 2.45) is 17.8 Å². The number of halogens is 8. The van der Waals surface area contributed by atoms with Crippen LogP contribution in [0.25, 0.3) is 0 Å². The Kier molecular flexibility index (Phi) is 11.8. The Morgan fingerprint density at radius 1 is 0.733 bits per heavy atom. The minimum absolute atomic E-state index is 0.0893. The Balaban J connectivity index is 1.21. The molecule has 0 amide bonds. The molecule has 0 saturated heterocycles. The first-order chi connectivity index (χ1) is 21.3.